The molecule has 0 bridgehead atoms. The average molecular weight is 441 g/mol. The zero-order valence-corrected chi connectivity index (χ0v) is 19.8. The van der Waals surface area contributed by atoms with E-state index < -0.39 is 8.07 Å². The molecule has 0 aromatic carbocycles. The fraction of sp³-hybridized carbons (Fsp3) is 0.750. The molecule has 0 aliphatic carbocycles. The third-order valence-electron chi connectivity index (χ3n) is 5.79. The first-order valence-corrected chi connectivity index (χ1v) is 14.0. The Labute approximate surface area is 168 Å². The van der Waals surface area contributed by atoms with Crippen LogP contribution in [0.1, 0.15) is 51.6 Å². The van der Waals surface area contributed by atoms with E-state index in [1.165, 1.54) is 0 Å². The predicted molar refractivity (Wildman–Crippen MR) is 112 cm³/mol. The van der Waals surface area contributed by atoms with Crippen LogP contribution in [0.15, 0.2) is 10.5 Å². The zero-order chi connectivity index (χ0) is 19.7. The van der Waals surface area contributed by atoms with Crippen molar-refractivity contribution in [2.75, 3.05) is 6.61 Å². The first-order chi connectivity index (χ1) is 12.0. The number of nitriles is 1. The van der Waals surface area contributed by atoms with Crippen LogP contribution in [0.5, 0.6) is 0 Å². The van der Waals surface area contributed by atoms with E-state index in [1.54, 1.807) is 0 Å². The second-order valence-corrected chi connectivity index (χ2v) is 15.7. The van der Waals surface area contributed by atoms with Crippen molar-refractivity contribution in [3.63, 3.8) is 0 Å². The summed E-state index contributed by atoms with van der Waals surface area (Å²) >= 11 is 3.67. The molecule has 1 aromatic rings. The lowest BCUT2D eigenvalue weighted by Gasteiger charge is -2.30. The number of ether oxygens (including phenoxy) is 2. The minimum absolute atomic E-state index is 0.00957. The van der Waals surface area contributed by atoms with Crippen LogP contribution in [0.3, 0.4) is 0 Å². The molecular formula is C20H33BrN2O2Si. The fourth-order valence-corrected chi connectivity index (χ4v) is 5.01. The van der Waals surface area contributed by atoms with Gasteiger partial charge in [-0.05, 0) is 40.4 Å². The molecule has 1 saturated heterocycles. The van der Waals surface area contributed by atoms with E-state index in [9.17, 15) is 5.26 Å². The molecular weight excluding hydrogens is 408 g/mol. The molecule has 3 atom stereocenters. The van der Waals surface area contributed by atoms with Crippen molar-refractivity contribution in [2.24, 2.45) is 11.3 Å². The van der Waals surface area contributed by atoms with E-state index in [-0.39, 0.29) is 17.6 Å². The van der Waals surface area contributed by atoms with Crippen molar-refractivity contribution in [3.8, 4) is 6.07 Å². The van der Waals surface area contributed by atoms with E-state index in [0.29, 0.717) is 18.3 Å². The number of rotatable bonds is 7. The molecule has 1 fully saturated rings. The van der Waals surface area contributed by atoms with Gasteiger partial charge in [0.1, 0.15) is 24.6 Å². The van der Waals surface area contributed by atoms with Crippen LogP contribution in [-0.4, -0.2) is 25.4 Å². The highest BCUT2D eigenvalue weighted by atomic mass is 79.9. The van der Waals surface area contributed by atoms with Crippen molar-refractivity contribution >= 4 is 24.0 Å². The van der Waals surface area contributed by atoms with Gasteiger partial charge in [-0.1, -0.05) is 47.3 Å². The van der Waals surface area contributed by atoms with Crippen LogP contribution in [0.4, 0.5) is 0 Å². The van der Waals surface area contributed by atoms with E-state index in [2.05, 4.69) is 69.3 Å². The summed E-state index contributed by atoms with van der Waals surface area (Å²) in [5, 5.41) is 9.58. The molecule has 2 rings (SSSR count). The summed E-state index contributed by atoms with van der Waals surface area (Å²) in [6.45, 7) is 17.1. The van der Waals surface area contributed by atoms with Gasteiger partial charge in [0.15, 0.2) is 0 Å². The van der Waals surface area contributed by atoms with E-state index in [1.807, 2.05) is 10.6 Å². The summed E-state index contributed by atoms with van der Waals surface area (Å²) in [5.74, 6) is 0.450. The first-order valence-electron chi connectivity index (χ1n) is 9.55. The summed E-state index contributed by atoms with van der Waals surface area (Å²) in [4.78, 5) is 0. The lowest BCUT2D eigenvalue weighted by molar-refractivity contribution is 0.00401. The number of aromatic nitrogens is 1. The largest absolute Gasteiger partial charge is 0.368 e. The van der Waals surface area contributed by atoms with Crippen molar-refractivity contribution in [3.05, 3.63) is 21.9 Å². The molecule has 6 heteroatoms. The van der Waals surface area contributed by atoms with Gasteiger partial charge in [-0.3, -0.25) is 0 Å². The van der Waals surface area contributed by atoms with Gasteiger partial charge in [-0.2, -0.15) is 5.26 Å². The third kappa shape index (κ3) is 4.44. The van der Waals surface area contributed by atoms with Gasteiger partial charge in [0.05, 0.1) is 11.8 Å². The minimum atomic E-state index is -1.13. The highest BCUT2D eigenvalue weighted by Crippen LogP contribution is 2.53. The summed E-state index contributed by atoms with van der Waals surface area (Å²) in [6.07, 6.45) is 1.18. The van der Waals surface area contributed by atoms with Gasteiger partial charge in [0, 0.05) is 24.6 Å². The molecule has 1 aromatic heterocycles. The van der Waals surface area contributed by atoms with Crippen molar-refractivity contribution in [1.29, 1.82) is 5.26 Å². The number of halogens is 1. The Morgan fingerprint density at radius 1 is 1.38 bits per heavy atom. The van der Waals surface area contributed by atoms with Gasteiger partial charge < -0.3 is 14.0 Å². The molecule has 0 saturated carbocycles. The smallest absolute Gasteiger partial charge is 0.123 e. The molecule has 26 heavy (non-hydrogen) atoms. The molecule has 2 heterocycles. The Kier molecular flexibility index (Phi) is 6.82. The fourth-order valence-electron chi connectivity index (χ4n) is 3.62. The van der Waals surface area contributed by atoms with Crippen LogP contribution >= 0.6 is 15.9 Å². The molecule has 0 spiro atoms. The summed E-state index contributed by atoms with van der Waals surface area (Å²) < 4.78 is 15.4. The van der Waals surface area contributed by atoms with E-state index in [0.717, 1.165) is 29.2 Å². The van der Waals surface area contributed by atoms with Crippen LogP contribution in [0.2, 0.25) is 25.7 Å². The molecule has 1 aliphatic heterocycles. The molecule has 0 unspecified atom stereocenters. The quantitative estimate of drug-likeness (QED) is 0.388. The Balaban J connectivity index is 2.29. The summed E-state index contributed by atoms with van der Waals surface area (Å²) in [7, 11) is -1.13. The summed E-state index contributed by atoms with van der Waals surface area (Å²) in [6, 6.07) is 5.31. The lowest BCUT2D eigenvalue weighted by Crippen LogP contribution is -2.27. The van der Waals surface area contributed by atoms with Crippen molar-refractivity contribution in [2.45, 2.75) is 78.7 Å². The van der Waals surface area contributed by atoms with Gasteiger partial charge in [0.25, 0.3) is 0 Å². The molecule has 0 radical (unpaired) electrons. The third-order valence-corrected chi connectivity index (χ3v) is 8.13. The van der Waals surface area contributed by atoms with Crippen LogP contribution < -0.4 is 0 Å². The number of hydrogen-bond donors (Lipinski definition) is 0. The summed E-state index contributed by atoms with van der Waals surface area (Å²) in [5.41, 5.74) is 1.64. The van der Waals surface area contributed by atoms with E-state index >= 15 is 0 Å². The molecule has 0 N–H and O–H groups in total. The zero-order valence-electron chi connectivity index (χ0n) is 17.2. The van der Waals surface area contributed by atoms with E-state index in [4.69, 9.17) is 9.47 Å². The maximum absolute atomic E-state index is 9.58. The number of nitrogens with zero attached hydrogens (tertiary/aromatic N) is 2. The van der Waals surface area contributed by atoms with Crippen LogP contribution in [0.25, 0.3) is 0 Å². The Morgan fingerprint density at radius 3 is 2.54 bits per heavy atom. The van der Waals surface area contributed by atoms with Crippen LogP contribution in [-0.2, 0) is 16.2 Å². The maximum Gasteiger partial charge on any atom is 0.123 e. The molecule has 146 valence electrons. The normalized spacial score (nSPS) is 25.4. The topological polar surface area (TPSA) is 47.2 Å². The first kappa shape index (κ1) is 21.7. The predicted octanol–water partition coefficient (Wildman–Crippen LogP) is 5.95. The van der Waals surface area contributed by atoms with Crippen molar-refractivity contribution in [1.82, 2.24) is 4.57 Å². The Bertz CT molecular complexity index is 673. The van der Waals surface area contributed by atoms with Crippen molar-refractivity contribution < 1.29 is 9.47 Å². The monoisotopic (exact) mass is 440 g/mol. The van der Waals surface area contributed by atoms with Gasteiger partial charge in [0.2, 0.25) is 0 Å². The molecule has 0 amide bonds. The molecule has 4 nitrogen and oxygen atoms in total. The highest BCUT2D eigenvalue weighted by Gasteiger charge is 2.49. The Hall–Kier alpha value is -0.613. The average Bonchev–Trinajstić information content (AvgIpc) is 2.97. The Morgan fingerprint density at radius 2 is 2.04 bits per heavy atom. The lowest BCUT2D eigenvalue weighted by atomic mass is 9.74. The van der Waals surface area contributed by atoms with Gasteiger partial charge in [-0.15, -0.1) is 0 Å². The van der Waals surface area contributed by atoms with Gasteiger partial charge in [-0.25, -0.2) is 0 Å². The van der Waals surface area contributed by atoms with Gasteiger partial charge >= 0.3 is 0 Å². The second-order valence-electron chi connectivity index (χ2n) is 9.22. The standard InChI is InChI=1S/C20H33BrN2O2Si/c1-8-17-14(2)20(3,4)19(25-17)18-16(21)11-15(12-22)23(18)13-24-9-10-26(5,6)7/h11,14,17,19H,8-10,13H2,1-7H3/t14-,17-,19+/m1/s1. The SMILES string of the molecule is CC[C@H]1O[C@@H](c2c(Br)cc(C#N)n2COCC[Si](C)(C)C)C(C)(C)[C@@H]1C. The number of hydrogen-bond acceptors (Lipinski definition) is 3. The highest BCUT2D eigenvalue weighted by molar-refractivity contribution is 9.10. The minimum Gasteiger partial charge on any atom is -0.368 e. The second kappa shape index (κ2) is 8.18. The maximum atomic E-state index is 9.58. The van der Waals surface area contributed by atoms with Crippen LogP contribution in [0, 0.1) is 22.7 Å². The molecule has 1 aliphatic rings.